The second kappa shape index (κ2) is 11.3. The van der Waals surface area contributed by atoms with Crippen LogP contribution in [-0.2, 0) is 24.5 Å². The summed E-state index contributed by atoms with van der Waals surface area (Å²) in [5, 5.41) is 0. The second-order valence-corrected chi connectivity index (χ2v) is 13.4. The first-order valence-corrected chi connectivity index (χ1v) is 13.8. The molecule has 0 heterocycles. The molecule has 0 amide bonds. The predicted octanol–water partition coefficient (Wildman–Crippen LogP) is 4.57. The molecule has 0 aliphatic heterocycles. The third-order valence-electron chi connectivity index (χ3n) is 3.70. The first kappa shape index (κ1) is 21.8. The van der Waals surface area contributed by atoms with Gasteiger partial charge in [-0.05, 0) is 0 Å². The zero-order chi connectivity index (χ0) is 16.4. The molecule has 2 N–H and O–H groups in total. The Labute approximate surface area is 137 Å². The number of hydrogen-bond donors (Lipinski definition) is 2. The Morgan fingerprint density at radius 3 is 1.52 bits per heavy atom. The van der Waals surface area contributed by atoms with Gasteiger partial charge in [-0.15, -0.1) is 0 Å². The van der Waals surface area contributed by atoms with Crippen LogP contribution in [0.4, 0.5) is 0 Å². The van der Waals surface area contributed by atoms with Crippen molar-refractivity contribution in [3.05, 3.63) is 0 Å². The van der Waals surface area contributed by atoms with Gasteiger partial charge in [0.25, 0.3) is 0 Å². The SMILES string of the molecule is CCCC[Si](CCCC)(CCCC)[O][Ti]([OH])([OH])[O]C(C)C. The fourth-order valence-corrected chi connectivity index (χ4v) is 12.6. The van der Waals surface area contributed by atoms with Crippen molar-refractivity contribution in [1.29, 1.82) is 0 Å². The molecule has 0 spiro atoms. The van der Waals surface area contributed by atoms with E-state index >= 15 is 0 Å². The minimum absolute atomic E-state index is 0.199. The average Bonchev–Trinajstić information content (AvgIpc) is 2.38. The minimum atomic E-state index is -4.53. The van der Waals surface area contributed by atoms with E-state index in [1.54, 1.807) is 0 Å². The Morgan fingerprint density at radius 1 is 0.857 bits per heavy atom. The molecule has 6 heteroatoms. The van der Waals surface area contributed by atoms with E-state index in [9.17, 15) is 7.38 Å². The molecule has 128 valence electrons. The molecular formula is C15H36O4SiTi. The van der Waals surface area contributed by atoms with Gasteiger partial charge in [0.1, 0.15) is 0 Å². The Balaban J connectivity index is 5.00. The van der Waals surface area contributed by atoms with E-state index < -0.39 is 26.5 Å². The summed E-state index contributed by atoms with van der Waals surface area (Å²) < 4.78 is 31.9. The van der Waals surface area contributed by atoms with Crippen molar-refractivity contribution in [1.82, 2.24) is 0 Å². The van der Waals surface area contributed by atoms with Crippen LogP contribution in [0, 0.1) is 0 Å². The van der Waals surface area contributed by atoms with Crippen molar-refractivity contribution >= 4 is 8.32 Å². The van der Waals surface area contributed by atoms with E-state index in [1.165, 1.54) is 0 Å². The van der Waals surface area contributed by atoms with Gasteiger partial charge in [0.15, 0.2) is 0 Å². The molecule has 0 fully saturated rings. The average molecular weight is 356 g/mol. The van der Waals surface area contributed by atoms with Gasteiger partial charge < -0.3 is 0 Å². The summed E-state index contributed by atoms with van der Waals surface area (Å²) in [6.45, 7) is 10.2. The molecule has 0 aliphatic rings. The molecule has 21 heavy (non-hydrogen) atoms. The molecule has 0 radical (unpaired) electrons. The topological polar surface area (TPSA) is 58.9 Å². The first-order chi connectivity index (χ1) is 9.81. The van der Waals surface area contributed by atoms with Crippen molar-refractivity contribution in [3.63, 3.8) is 0 Å². The van der Waals surface area contributed by atoms with Gasteiger partial charge in [-0.3, -0.25) is 0 Å². The molecule has 0 bridgehead atoms. The van der Waals surface area contributed by atoms with Crippen LogP contribution in [-0.4, -0.2) is 21.8 Å². The van der Waals surface area contributed by atoms with Gasteiger partial charge in [-0.2, -0.15) is 0 Å². The maximum atomic E-state index is 10.3. The van der Waals surface area contributed by atoms with Crippen LogP contribution >= 0.6 is 0 Å². The standard InChI is InChI=1S/C12H27OSi.C3H7O.2H2O.Ti/c1-4-7-10-14(13,11-8-5-2)12-9-6-3;1-3(2)4;;;/h4-12H2,1-3H3;3H,1-2H3;2*1H2;/q2*-1;;;+4/p-2. The van der Waals surface area contributed by atoms with Crippen molar-refractivity contribution in [2.75, 3.05) is 0 Å². The maximum absolute atomic E-state index is 10.3. The molecule has 0 atom stereocenters. The third-order valence-corrected chi connectivity index (χ3v) is 12.7. The molecule has 0 saturated heterocycles. The Morgan fingerprint density at radius 2 is 1.24 bits per heavy atom. The summed E-state index contributed by atoms with van der Waals surface area (Å²) in [6, 6.07) is 3.08. The van der Waals surface area contributed by atoms with Gasteiger partial charge >= 0.3 is 138 Å². The molecule has 0 aromatic heterocycles. The van der Waals surface area contributed by atoms with Gasteiger partial charge in [-0.1, -0.05) is 0 Å². The van der Waals surface area contributed by atoms with Crippen LogP contribution in [0.15, 0.2) is 0 Å². The van der Waals surface area contributed by atoms with Gasteiger partial charge in [-0.25, -0.2) is 0 Å². The molecular weight excluding hydrogens is 320 g/mol. The molecule has 0 aromatic rings. The Hall–Kier alpha value is 0.771. The van der Waals surface area contributed by atoms with E-state index in [0.29, 0.717) is 0 Å². The molecule has 0 saturated carbocycles. The van der Waals surface area contributed by atoms with Crippen LogP contribution in [0.3, 0.4) is 0 Å². The van der Waals surface area contributed by atoms with Crippen LogP contribution in [0.5, 0.6) is 0 Å². The zero-order valence-corrected chi connectivity index (χ0v) is 17.2. The third kappa shape index (κ3) is 10.2. The summed E-state index contributed by atoms with van der Waals surface area (Å²) in [4.78, 5) is 0. The van der Waals surface area contributed by atoms with Crippen molar-refractivity contribution < 1.29 is 31.8 Å². The summed E-state index contributed by atoms with van der Waals surface area (Å²) in [6.07, 6.45) is 6.50. The van der Waals surface area contributed by atoms with Crippen molar-refractivity contribution in [2.24, 2.45) is 0 Å². The second-order valence-electron chi connectivity index (χ2n) is 6.31. The summed E-state index contributed by atoms with van der Waals surface area (Å²) in [5.74, 6) is 0. The van der Waals surface area contributed by atoms with E-state index in [-0.39, 0.29) is 6.10 Å². The molecule has 0 aliphatic carbocycles. The normalized spacial score (nSPS) is 13.1. The molecule has 4 nitrogen and oxygen atoms in total. The van der Waals surface area contributed by atoms with Crippen LogP contribution in [0.1, 0.15) is 73.1 Å². The van der Waals surface area contributed by atoms with Crippen molar-refractivity contribution in [3.8, 4) is 0 Å². The number of unbranched alkanes of at least 4 members (excludes halogenated alkanes) is 3. The quantitative estimate of drug-likeness (QED) is 0.475. The van der Waals surface area contributed by atoms with Crippen molar-refractivity contribution in [2.45, 2.75) is 97.4 Å². The summed E-state index contributed by atoms with van der Waals surface area (Å²) in [7, 11) is -2.10. The van der Waals surface area contributed by atoms with Crippen LogP contribution in [0.2, 0.25) is 18.1 Å². The zero-order valence-electron chi connectivity index (χ0n) is 14.7. The van der Waals surface area contributed by atoms with Crippen LogP contribution < -0.4 is 0 Å². The van der Waals surface area contributed by atoms with E-state index in [2.05, 4.69) is 20.8 Å². The Bertz CT molecular complexity index is 240. The first-order valence-electron chi connectivity index (χ1n) is 8.63. The molecule has 0 rings (SSSR count). The van der Waals surface area contributed by atoms with E-state index in [0.717, 1.165) is 56.7 Å². The summed E-state index contributed by atoms with van der Waals surface area (Å²) in [5.41, 5.74) is 0. The Kier molecular flexibility index (Phi) is 11.7. The number of hydrogen-bond acceptors (Lipinski definition) is 4. The fourth-order valence-electron chi connectivity index (χ4n) is 2.64. The summed E-state index contributed by atoms with van der Waals surface area (Å²) >= 11 is -4.53. The molecule has 0 unspecified atom stereocenters. The van der Waals surface area contributed by atoms with Gasteiger partial charge in [0.05, 0.1) is 0 Å². The number of rotatable bonds is 13. The van der Waals surface area contributed by atoms with Gasteiger partial charge in [0, 0.05) is 0 Å². The van der Waals surface area contributed by atoms with Gasteiger partial charge in [0.2, 0.25) is 0 Å². The van der Waals surface area contributed by atoms with E-state index in [4.69, 9.17) is 6.33 Å². The van der Waals surface area contributed by atoms with E-state index in [1.807, 2.05) is 13.8 Å². The predicted molar refractivity (Wildman–Crippen MR) is 86.6 cm³/mol. The van der Waals surface area contributed by atoms with Crippen LogP contribution in [0.25, 0.3) is 0 Å². The monoisotopic (exact) mass is 356 g/mol. The fraction of sp³-hybridized carbons (Fsp3) is 1.00. The molecule has 0 aromatic carbocycles.